The summed E-state index contributed by atoms with van der Waals surface area (Å²) >= 11 is 0. The molecule has 2 aromatic rings. The third kappa shape index (κ3) is 2.40. The summed E-state index contributed by atoms with van der Waals surface area (Å²) in [5.74, 6) is 0.894. The fourth-order valence-corrected chi connectivity index (χ4v) is 3.67. The van der Waals surface area contributed by atoms with Crippen LogP contribution >= 0.6 is 0 Å². The van der Waals surface area contributed by atoms with E-state index in [0.29, 0.717) is 5.92 Å². The lowest BCUT2D eigenvalue weighted by molar-refractivity contribution is -0.120. The Morgan fingerprint density at radius 1 is 1.00 bits per heavy atom. The van der Waals surface area contributed by atoms with Gasteiger partial charge in [0.1, 0.15) is 0 Å². The lowest BCUT2D eigenvalue weighted by Gasteiger charge is -2.21. The van der Waals surface area contributed by atoms with Crippen molar-refractivity contribution in [2.45, 2.75) is 6.54 Å². The van der Waals surface area contributed by atoms with Crippen LogP contribution in [-0.4, -0.2) is 35.4 Å². The molecule has 0 aliphatic carbocycles. The zero-order valence-corrected chi connectivity index (χ0v) is 12.4. The Balaban J connectivity index is 1.44. The molecule has 1 aromatic carbocycles. The van der Waals surface area contributed by atoms with E-state index in [2.05, 4.69) is 9.88 Å². The van der Waals surface area contributed by atoms with Gasteiger partial charge in [-0.1, -0.05) is 18.2 Å². The van der Waals surface area contributed by atoms with Gasteiger partial charge < -0.3 is 4.90 Å². The number of likely N-dealkylation sites (tertiary alicyclic amines) is 1. The molecule has 2 saturated heterocycles. The highest BCUT2D eigenvalue weighted by molar-refractivity contribution is 5.98. The number of amides is 1. The minimum absolute atomic E-state index is 0.155. The van der Waals surface area contributed by atoms with Crippen molar-refractivity contribution in [3.63, 3.8) is 0 Å². The molecule has 4 nitrogen and oxygen atoms in total. The second-order valence-corrected chi connectivity index (χ2v) is 6.20. The number of para-hydroxylation sites is 1. The van der Waals surface area contributed by atoms with E-state index in [1.807, 2.05) is 59.8 Å². The van der Waals surface area contributed by atoms with Crippen molar-refractivity contribution in [3.05, 3.63) is 60.4 Å². The standard InChI is InChI=1S/C18H19N3O/c22-18-17-13-20(10-14-6-8-19-9-7-14)11-15(17)12-21(18)16-4-2-1-3-5-16/h1-9,15,17H,10-13H2/t15-,17-/m0/s1. The molecule has 0 N–H and O–H groups in total. The van der Waals surface area contributed by atoms with E-state index >= 15 is 0 Å². The molecule has 1 amide bonds. The normalized spacial score (nSPS) is 24.7. The van der Waals surface area contributed by atoms with Crippen molar-refractivity contribution in [1.29, 1.82) is 0 Å². The van der Waals surface area contributed by atoms with Crippen LogP contribution in [0.1, 0.15) is 5.56 Å². The number of anilines is 1. The van der Waals surface area contributed by atoms with Crippen LogP contribution in [0.5, 0.6) is 0 Å². The molecule has 1 aromatic heterocycles. The molecule has 0 saturated carbocycles. The van der Waals surface area contributed by atoms with Crippen LogP contribution in [0.3, 0.4) is 0 Å². The maximum absolute atomic E-state index is 12.7. The first-order valence-electron chi connectivity index (χ1n) is 7.79. The Bertz CT molecular complexity index is 659. The van der Waals surface area contributed by atoms with Crippen molar-refractivity contribution in [1.82, 2.24) is 9.88 Å². The highest BCUT2D eigenvalue weighted by atomic mass is 16.2. The molecular weight excluding hydrogens is 274 g/mol. The Hall–Kier alpha value is -2.20. The highest BCUT2D eigenvalue weighted by Crippen LogP contribution is 2.35. The molecule has 112 valence electrons. The third-order valence-electron chi connectivity index (χ3n) is 4.74. The summed E-state index contributed by atoms with van der Waals surface area (Å²) in [7, 11) is 0. The molecule has 0 radical (unpaired) electrons. The van der Waals surface area contributed by atoms with E-state index < -0.39 is 0 Å². The smallest absolute Gasteiger partial charge is 0.231 e. The third-order valence-corrected chi connectivity index (χ3v) is 4.74. The number of hydrogen-bond donors (Lipinski definition) is 0. The summed E-state index contributed by atoms with van der Waals surface area (Å²) < 4.78 is 0. The van der Waals surface area contributed by atoms with E-state index in [-0.39, 0.29) is 11.8 Å². The predicted octanol–water partition coefficient (Wildman–Crippen LogP) is 2.18. The minimum atomic E-state index is 0.155. The van der Waals surface area contributed by atoms with Crippen LogP contribution in [0.4, 0.5) is 5.69 Å². The highest BCUT2D eigenvalue weighted by Gasteiger charge is 2.46. The summed E-state index contributed by atoms with van der Waals surface area (Å²) in [5.41, 5.74) is 2.30. The van der Waals surface area contributed by atoms with E-state index in [4.69, 9.17) is 0 Å². The van der Waals surface area contributed by atoms with E-state index in [1.165, 1.54) is 5.56 Å². The maximum atomic E-state index is 12.7. The Kier molecular flexibility index (Phi) is 3.39. The fourth-order valence-electron chi connectivity index (χ4n) is 3.67. The summed E-state index contributed by atoms with van der Waals surface area (Å²) in [6.45, 7) is 3.63. The number of carbonyl (C=O) groups excluding carboxylic acids is 1. The van der Waals surface area contributed by atoms with Crippen molar-refractivity contribution in [3.8, 4) is 0 Å². The van der Waals surface area contributed by atoms with Gasteiger partial charge in [0.2, 0.25) is 5.91 Å². The number of aromatic nitrogens is 1. The first kappa shape index (κ1) is 13.5. The zero-order chi connectivity index (χ0) is 14.9. The summed E-state index contributed by atoms with van der Waals surface area (Å²) in [6.07, 6.45) is 3.66. The van der Waals surface area contributed by atoms with Gasteiger partial charge in [0.15, 0.2) is 0 Å². The van der Waals surface area contributed by atoms with Crippen LogP contribution in [0.15, 0.2) is 54.9 Å². The quantitative estimate of drug-likeness (QED) is 0.870. The molecule has 0 bridgehead atoms. The van der Waals surface area contributed by atoms with Crippen molar-refractivity contribution in [2.24, 2.45) is 11.8 Å². The molecule has 4 rings (SSSR count). The van der Waals surface area contributed by atoms with Gasteiger partial charge in [0.25, 0.3) is 0 Å². The SMILES string of the molecule is O=C1[C@H]2CN(Cc3ccncc3)C[C@H]2CN1c1ccccc1. The second kappa shape index (κ2) is 5.54. The van der Waals surface area contributed by atoms with E-state index in [9.17, 15) is 4.79 Å². The fraction of sp³-hybridized carbons (Fsp3) is 0.333. The molecule has 3 heterocycles. The van der Waals surface area contributed by atoms with Gasteiger partial charge in [-0.2, -0.15) is 0 Å². The maximum Gasteiger partial charge on any atom is 0.231 e. The van der Waals surface area contributed by atoms with Gasteiger partial charge in [0, 0.05) is 50.2 Å². The lowest BCUT2D eigenvalue weighted by atomic mass is 10.0. The first-order valence-corrected chi connectivity index (χ1v) is 7.79. The topological polar surface area (TPSA) is 36.4 Å². The van der Waals surface area contributed by atoms with Gasteiger partial charge in [-0.05, 0) is 29.8 Å². The number of carbonyl (C=O) groups is 1. The van der Waals surface area contributed by atoms with Crippen LogP contribution < -0.4 is 4.90 Å². The zero-order valence-electron chi connectivity index (χ0n) is 12.4. The van der Waals surface area contributed by atoms with Crippen LogP contribution in [0.2, 0.25) is 0 Å². The second-order valence-electron chi connectivity index (χ2n) is 6.20. The number of benzene rings is 1. The minimum Gasteiger partial charge on any atom is -0.312 e. The van der Waals surface area contributed by atoms with Gasteiger partial charge in [-0.3, -0.25) is 14.7 Å². The largest absolute Gasteiger partial charge is 0.312 e. The van der Waals surface area contributed by atoms with E-state index in [0.717, 1.165) is 31.9 Å². The number of nitrogens with zero attached hydrogens (tertiary/aromatic N) is 3. The molecular formula is C18H19N3O. The Morgan fingerprint density at radius 3 is 2.50 bits per heavy atom. The average Bonchev–Trinajstić information content (AvgIpc) is 3.08. The van der Waals surface area contributed by atoms with Gasteiger partial charge in [-0.25, -0.2) is 0 Å². The van der Waals surface area contributed by atoms with Gasteiger partial charge in [-0.15, -0.1) is 0 Å². The van der Waals surface area contributed by atoms with Crippen molar-refractivity contribution >= 4 is 11.6 Å². The summed E-state index contributed by atoms with van der Waals surface area (Å²) in [5, 5.41) is 0. The predicted molar refractivity (Wildman–Crippen MR) is 85.3 cm³/mol. The number of pyridine rings is 1. The number of fused-ring (bicyclic) bond motifs is 1. The van der Waals surface area contributed by atoms with Crippen LogP contribution in [0, 0.1) is 11.8 Å². The molecule has 0 unspecified atom stereocenters. The first-order chi connectivity index (χ1) is 10.8. The summed E-state index contributed by atoms with van der Waals surface area (Å²) in [4.78, 5) is 21.1. The Labute approximate surface area is 130 Å². The lowest BCUT2D eigenvalue weighted by Crippen LogP contribution is -2.32. The van der Waals surface area contributed by atoms with Crippen molar-refractivity contribution < 1.29 is 4.79 Å². The molecule has 2 aliphatic heterocycles. The molecule has 22 heavy (non-hydrogen) atoms. The molecule has 0 spiro atoms. The number of rotatable bonds is 3. The summed E-state index contributed by atoms with van der Waals surface area (Å²) in [6, 6.07) is 14.1. The van der Waals surface area contributed by atoms with Gasteiger partial charge >= 0.3 is 0 Å². The van der Waals surface area contributed by atoms with E-state index in [1.54, 1.807) is 0 Å². The molecule has 4 heteroatoms. The van der Waals surface area contributed by atoms with Gasteiger partial charge in [0.05, 0.1) is 5.92 Å². The number of hydrogen-bond acceptors (Lipinski definition) is 3. The average molecular weight is 293 g/mol. The molecule has 2 aliphatic rings. The van der Waals surface area contributed by atoms with Crippen LogP contribution in [0.25, 0.3) is 0 Å². The molecule has 2 atom stereocenters. The molecule has 2 fully saturated rings. The van der Waals surface area contributed by atoms with Crippen molar-refractivity contribution in [2.75, 3.05) is 24.5 Å². The monoisotopic (exact) mass is 293 g/mol. The Morgan fingerprint density at radius 2 is 1.77 bits per heavy atom. The van der Waals surface area contributed by atoms with Crippen LogP contribution in [-0.2, 0) is 11.3 Å².